The normalized spacial score (nSPS) is 19.4. The highest BCUT2D eigenvalue weighted by Gasteiger charge is 2.35. The van der Waals surface area contributed by atoms with Gasteiger partial charge in [0.15, 0.2) is 0 Å². The molecule has 4 N–H and O–H groups in total. The molecule has 0 saturated carbocycles. The minimum absolute atomic E-state index is 0.292. The lowest BCUT2D eigenvalue weighted by Gasteiger charge is -2.21. The Balaban J connectivity index is 2.35. The van der Waals surface area contributed by atoms with Crippen molar-refractivity contribution in [3.05, 3.63) is 29.3 Å². The largest absolute Gasteiger partial charge is 0.417 e. The van der Waals surface area contributed by atoms with Gasteiger partial charge in [-0.2, -0.15) is 13.2 Å². The Morgan fingerprint density at radius 3 is 2.60 bits per heavy atom. The average molecular weight is 287 g/mol. The van der Waals surface area contributed by atoms with Crippen molar-refractivity contribution in [2.45, 2.75) is 12.6 Å². The predicted octanol–water partition coefficient (Wildman–Crippen LogP) is 1.59. The Hall–Kier alpha value is -1.76. The SMILES string of the molecule is NCC1CCN(c2ccc(C(N)=O)c(C(F)(F)F)c2)C1. The predicted molar refractivity (Wildman–Crippen MR) is 69.3 cm³/mol. The number of hydrogen-bond acceptors (Lipinski definition) is 3. The second kappa shape index (κ2) is 5.32. The monoisotopic (exact) mass is 287 g/mol. The summed E-state index contributed by atoms with van der Waals surface area (Å²) in [6, 6.07) is 3.61. The van der Waals surface area contributed by atoms with E-state index in [9.17, 15) is 18.0 Å². The highest BCUT2D eigenvalue weighted by molar-refractivity contribution is 5.95. The van der Waals surface area contributed by atoms with Gasteiger partial charge in [0.2, 0.25) is 5.91 Å². The number of primary amides is 1. The number of rotatable bonds is 3. The summed E-state index contributed by atoms with van der Waals surface area (Å²) in [5.74, 6) is -0.787. The summed E-state index contributed by atoms with van der Waals surface area (Å²) in [5, 5.41) is 0. The van der Waals surface area contributed by atoms with Crippen molar-refractivity contribution in [1.29, 1.82) is 0 Å². The molecule has 1 aliphatic heterocycles. The Morgan fingerprint density at radius 2 is 2.10 bits per heavy atom. The molecule has 1 aromatic carbocycles. The number of halogens is 3. The first-order chi connectivity index (χ1) is 9.32. The van der Waals surface area contributed by atoms with Gasteiger partial charge in [-0.15, -0.1) is 0 Å². The van der Waals surface area contributed by atoms with E-state index in [0.29, 0.717) is 31.2 Å². The number of carbonyl (C=O) groups is 1. The molecule has 4 nitrogen and oxygen atoms in total. The molecule has 1 aliphatic rings. The molecule has 110 valence electrons. The fourth-order valence-corrected chi connectivity index (χ4v) is 2.44. The highest BCUT2D eigenvalue weighted by atomic mass is 19.4. The quantitative estimate of drug-likeness (QED) is 0.886. The lowest BCUT2D eigenvalue weighted by Crippen LogP contribution is -2.24. The summed E-state index contributed by atoms with van der Waals surface area (Å²) in [6.07, 6.45) is -3.75. The first-order valence-electron chi connectivity index (χ1n) is 6.29. The molecule has 0 spiro atoms. The molecule has 1 amide bonds. The summed E-state index contributed by atoms with van der Waals surface area (Å²) in [6.45, 7) is 1.81. The molecule has 0 aromatic heterocycles. The van der Waals surface area contributed by atoms with Gasteiger partial charge in [-0.1, -0.05) is 0 Å². The van der Waals surface area contributed by atoms with Gasteiger partial charge in [-0.05, 0) is 37.1 Å². The van der Waals surface area contributed by atoms with Crippen molar-refractivity contribution in [3.63, 3.8) is 0 Å². The van der Waals surface area contributed by atoms with Crippen LogP contribution in [0.25, 0.3) is 0 Å². The number of benzene rings is 1. The van der Waals surface area contributed by atoms with Crippen LogP contribution in [0.1, 0.15) is 22.3 Å². The summed E-state index contributed by atoms with van der Waals surface area (Å²) in [4.78, 5) is 12.9. The second-order valence-electron chi connectivity index (χ2n) is 4.93. The van der Waals surface area contributed by atoms with E-state index in [0.717, 1.165) is 18.6 Å². The first kappa shape index (κ1) is 14.6. The van der Waals surface area contributed by atoms with E-state index in [1.807, 2.05) is 4.90 Å². The first-order valence-corrected chi connectivity index (χ1v) is 6.29. The molecule has 2 rings (SSSR count). The lowest BCUT2D eigenvalue weighted by atomic mass is 10.0. The van der Waals surface area contributed by atoms with Crippen molar-refractivity contribution in [2.75, 3.05) is 24.5 Å². The van der Waals surface area contributed by atoms with E-state index in [-0.39, 0.29) is 0 Å². The smallest absolute Gasteiger partial charge is 0.371 e. The summed E-state index contributed by atoms with van der Waals surface area (Å²) < 4.78 is 38.9. The standard InChI is InChI=1S/C13H16F3N3O/c14-13(15,16)11-5-9(1-2-10(11)12(18)20)19-4-3-8(6-17)7-19/h1-2,5,8H,3-4,6-7,17H2,(H2,18,20). The van der Waals surface area contributed by atoms with E-state index in [4.69, 9.17) is 11.5 Å². The van der Waals surface area contributed by atoms with Crippen LogP contribution in [-0.2, 0) is 6.18 Å². The molecular formula is C13H16F3N3O. The molecule has 1 saturated heterocycles. The third-order valence-electron chi connectivity index (χ3n) is 3.56. The molecule has 0 aliphatic carbocycles. The van der Waals surface area contributed by atoms with Gasteiger partial charge in [-0.3, -0.25) is 4.79 Å². The maximum Gasteiger partial charge on any atom is 0.417 e. The van der Waals surface area contributed by atoms with Gasteiger partial charge in [0.25, 0.3) is 0 Å². The number of nitrogens with zero attached hydrogens (tertiary/aromatic N) is 1. The fraction of sp³-hybridized carbons (Fsp3) is 0.462. The Kier molecular flexibility index (Phi) is 3.89. The van der Waals surface area contributed by atoms with Crippen molar-refractivity contribution in [1.82, 2.24) is 0 Å². The van der Waals surface area contributed by atoms with E-state index in [2.05, 4.69) is 0 Å². The molecule has 20 heavy (non-hydrogen) atoms. The number of nitrogens with two attached hydrogens (primary N) is 2. The van der Waals surface area contributed by atoms with Crippen LogP contribution in [0.3, 0.4) is 0 Å². The molecule has 1 heterocycles. The van der Waals surface area contributed by atoms with Crippen LogP contribution in [0.2, 0.25) is 0 Å². The lowest BCUT2D eigenvalue weighted by molar-refractivity contribution is -0.137. The van der Waals surface area contributed by atoms with Gasteiger partial charge in [-0.25, -0.2) is 0 Å². The Labute approximate surface area is 114 Å². The van der Waals surface area contributed by atoms with Crippen LogP contribution in [0.4, 0.5) is 18.9 Å². The molecule has 1 fully saturated rings. The van der Waals surface area contributed by atoms with Crippen molar-refractivity contribution < 1.29 is 18.0 Å². The van der Waals surface area contributed by atoms with Crippen molar-refractivity contribution in [2.24, 2.45) is 17.4 Å². The maximum atomic E-state index is 13.0. The zero-order valence-electron chi connectivity index (χ0n) is 10.8. The summed E-state index contributed by atoms with van der Waals surface area (Å²) in [5.41, 5.74) is 9.51. The van der Waals surface area contributed by atoms with Gasteiger partial charge in [0, 0.05) is 18.8 Å². The van der Waals surface area contributed by atoms with Crippen LogP contribution >= 0.6 is 0 Å². The van der Waals surface area contributed by atoms with Crippen LogP contribution in [0.15, 0.2) is 18.2 Å². The number of anilines is 1. The third kappa shape index (κ3) is 2.87. The minimum atomic E-state index is -4.60. The maximum absolute atomic E-state index is 13.0. The summed E-state index contributed by atoms with van der Waals surface area (Å²) in [7, 11) is 0. The van der Waals surface area contributed by atoms with E-state index in [1.165, 1.54) is 6.07 Å². The van der Waals surface area contributed by atoms with Crippen LogP contribution in [-0.4, -0.2) is 25.5 Å². The Morgan fingerprint density at radius 1 is 1.40 bits per heavy atom. The molecule has 1 aromatic rings. The third-order valence-corrected chi connectivity index (χ3v) is 3.56. The average Bonchev–Trinajstić information content (AvgIpc) is 2.85. The van der Waals surface area contributed by atoms with Crippen molar-refractivity contribution >= 4 is 11.6 Å². The number of amides is 1. The minimum Gasteiger partial charge on any atom is -0.371 e. The van der Waals surface area contributed by atoms with Crippen LogP contribution in [0.5, 0.6) is 0 Å². The second-order valence-corrected chi connectivity index (χ2v) is 4.93. The van der Waals surface area contributed by atoms with Crippen LogP contribution in [0, 0.1) is 5.92 Å². The van der Waals surface area contributed by atoms with Gasteiger partial charge in [0.05, 0.1) is 11.1 Å². The molecule has 1 atom stereocenters. The topological polar surface area (TPSA) is 72.3 Å². The Bertz CT molecular complexity index is 516. The molecule has 1 unspecified atom stereocenters. The van der Waals surface area contributed by atoms with E-state index < -0.39 is 23.2 Å². The van der Waals surface area contributed by atoms with Crippen molar-refractivity contribution in [3.8, 4) is 0 Å². The molecule has 7 heteroatoms. The van der Waals surface area contributed by atoms with E-state index >= 15 is 0 Å². The number of alkyl halides is 3. The number of hydrogen-bond donors (Lipinski definition) is 2. The molecule has 0 bridgehead atoms. The van der Waals surface area contributed by atoms with Gasteiger partial charge in [0.1, 0.15) is 0 Å². The molecular weight excluding hydrogens is 271 g/mol. The zero-order chi connectivity index (χ0) is 14.9. The van der Waals surface area contributed by atoms with E-state index in [1.54, 1.807) is 0 Å². The number of carbonyl (C=O) groups excluding carboxylic acids is 1. The fourth-order valence-electron chi connectivity index (χ4n) is 2.44. The summed E-state index contributed by atoms with van der Waals surface area (Å²) >= 11 is 0. The van der Waals surface area contributed by atoms with Gasteiger partial charge < -0.3 is 16.4 Å². The van der Waals surface area contributed by atoms with Gasteiger partial charge >= 0.3 is 6.18 Å². The van der Waals surface area contributed by atoms with Crippen LogP contribution < -0.4 is 16.4 Å². The zero-order valence-corrected chi connectivity index (χ0v) is 10.8. The highest BCUT2D eigenvalue weighted by Crippen LogP contribution is 2.35. The molecule has 0 radical (unpaired) electrons.